The lowest BCUT2D eigenvalue weighted by Crippen LogP contribution is -2.41. The molecule has 0 bridgehead atoms. The van der Waals surface area contributed by atoms with Gasteiger partial charge >= 0.3 is 11.8 Å². The van der Waals surface area contributed by atoms with Crippen molar-refractivity contribution in [3.63, 3.8) is 0 Å². The number of ether oxygens (including phenoxy) is 1. The predicted molar refractivity (Wildman–Crippen MR) is 80.4 cm³/mol. The van der Waals surface area contributed by atoms with Crippen LogP contribution in [0.3, 0.4) is 0 Å². The lowest BCUT2D eigenvalue weighted by Gasteiger charge is -2.19. The van der Waals surface area contributed by atoms with Gasteiger partial charge in [-0.25, -0.2) is 0 Å². The quantitative estimate of drug-likeness (QED) is 0.789. The number of nitrogens with one attached hydrogen (secondary N) is 2. The fourth-order valence-electron chi connectivity index (χ4n) is 2.27. The third-order valence-corrected chi connectivity index (χ3v) is 3.50. The van der Waals surface area contributed by atoms with Crippen LogP contribution in [0.2, 0.25) is 0 Å². The van der Waals surface area contributed by atoms with E-state index in [0.29, 0.717) is 18.8 Å². The fourth-order valence-corrected chi connectivity index (χ4v) is 2.27. The molecule has 6 heteroatoms. The largest absolute Gasteiger partial charge is 0.497 e. The number of carbonyl (C=O) groups excluding carboxylic acids is 2. The molecule has 21 heavy (non-hydrogen) atoms. The van der Waals surface area contributed by atoms with Gasteiger partial charge in [-0.2, -0.15) is 0 Å². The second-order valence-electron chi connectivity index (χ2n) is 5.03. The van der Waals surface area contributed by atoms with Crippen LogP contribution in [0, 0.1) is 6.92 Å². The number of carbonyl (C=O) groups is 2. The molecule has 1 aliphatic rings. The molecule has 0 saturated carbocycles. The van der Waals surface area contributed by atoms with E-state index in [-0.39, 0.29) is 0 Å². The summed E-state index contributed by atoms with van der Waals surface area (Å²) in [5.74, 6) is -0.352. The van der Waals surface area contributed by atoms with Crippen LogP contribution >= 0.6 is 0 Å². The molecule has 1 fully saturated rings. The summed E-state index contributed by atoms with van der Waals surface area (Å²) in [5.41, 5.74) is 1.48. The Labute approximate surface area is 124 Å². The Balaban J connectivity index is 2.01. The van der Waals surface area contributed by atoms with Crippen LogP contribution in [0.25, 0.3) is 0 Å². The van der Waals surface area contributed by atoms with Crippen LogP contribution in [-0.2, 0) is 9.59 Å². The summed E-state index contributed by atoms with van der Waals surface area (Å²) in [6.45, 7) is 4.64. The standard InChI is InChI=1S/C15H21N3O3/c1-11-10-12(21-2)4-5-13(11)17-14(19)15(20)18-8-3-6-16-7-9-18/h4-5,10,16H,3,6-9H2,1-2H3,(H,17,19). The van der Waals surface area contributed by atoms with Gasteiger partial charge in [-0.1, -0.05) is 0 Å². The average molecular weight is 291 g/mol. The number of rotatable bonds is 2. The Morgan fingerprint density at radius 2 is 2.10 bits per heavy atom. The highest BCUT2D eigenvalue weighted by Crippen LogP contribution is 2.21. The number of aryl methyl sites for hydroxylation is 1. The highest BCUT2D eigenvalue weighted by Gasteiger charge is 2.22. The van der Waals surface area contributed by atoms with E-state index in [1.807, 2.05) is 13.0 Å². The number of amides is 2. The van der Waals surface area contributed by atoms with E-state index < -0.39 is 11.8 Å². The Morgan fingerprint density at radius 1 is 1.29 bits per heavy atom. The first kappa shape index (κ1) is 15.3. The van der Waals surface area contributed by atoms with Gasteiger partial charge in [0.15, 0.2) is 0 Å². The molecule has 1 saturated heterocycles. The lowest BCUT2D eigenvalue weighted by atomic mass is 10.2. The van der Waals surface area contributed by atoms with E-state index in [2.05, 4.69) is 10.6 Å². The van der Waals surface area contributed by atoms with Gasteiger partial charge in [0.25, 0.3) is 0 Å². The van der Waals surface area contributed by atoms with Crippen molar-refractivity contribution in [1.29, 1.82) is 0 Å². The normalized spacial score (nSPS) is 15.2. The Morgan fingerprint density at radius 3 is 2.81 bits per heavy atom. The molecular weight excluding hydrogens is 270 g/mol. The van der Waals surface area contributed by atoms with Crippen molar-refractivity contribution < 1.29 is 14.3 Å². The van der Waals surface area contributed by atoms with Gasteiger partial charge in [0, 0.05) is 25.3 Å². The smallest absolute Gasteiger partial charge is 0.313 e. The molecule has 2 rings (SSSR count). The van der Waals surface area contributed by atoms with Gasteiger partial charge < -0.3 is 20.3 Å². The molecule has 0 aliphatic carbocycles. The van der Waals surface area contributed by atoms with Crippen molar-refractivity contribution in [2.75, 3.05) is 38.6 Å². The zero-order valence-corrected chi connectivity index (χ0v) is 12.4. The first-order valence-electron chi connectivity index (χ1n) is 7.07. The number of methoxy groups -OCH3 is 1. The molecule has 0 aromatic heterocycles. The molecule has 2 amide bonds. The van der Waals surface area contributed by atoms with Gasteiger partial charge in [0.1, 0.15) is 5.75 Å². The zero-order chi connectivity index (χ0) is 15.2. The van der Waals surface area contributed by atoms with Gasteiger partial charge in [-0.3, -0.25) is 9.59 Å². The lowest BCUT2D eigenvalue weighted by molar-refractivity contribution is -0.143. The monoisotopic (exact) mass is 291 g/mol. The molecule has 1 aromatic carbocycles. The van der Waals surface area contributed by atoms with Crippen LogP contribution in [0.1, 0.15) is 12.0 Å². The maximum atomic E-state index is 12.2. The number of benzene rings is 1. The summed E-state index contributed by atoms with van der Waals surface area (Å²) >= 11 is 0. The summed E-state index contributed by atoms with van der Waals surface area (Å²) in [5, 5.41) is 5.88. The molecule has 0 spiro atoms. The van der Waals surface area contributed by atoms with Crippen molar-refractivity contribution in [3.8, 4) is 5.75 Å². The van der Waals surface area contributed by atoms with Crippen molar-refractivity contribution >= 4 is 17.5 Å². The van der Waals surface area contributed by atoms with Crippen molar-refractivity contribution in [3.05, 3.63) is 23.8 Å². The molecule has 2 N–H and O–H groups in total. The van der Waals surface area contributed by atoms with E-state index in [1.165, 1.54) is 0 Å². The molecule has 1 aliphatic heterocycles. The molecule has 114 valence electrons. The Bertz CT molecular complexity index is 523. The van der Waals surface area contributed by atoms with E-state index >= 15 is 0 Å². The fraction of sp³-hybridized carbons (Fsp3) is 0.467. The van der Waals surface area contributed by atoms with Gasteiger partial charge in [0.05, 0.1) is 7.11 Å². The zero-order valence-electron chi connectivity index (χ0n) is 12.4. The van der Waals surface area contributed by atoms with E-state index in [1.54, 1.807) is 24.1 Å². The molecule has 6 nitrogen and oxygen atoms in total. The number of anilines is 1. The van der Waals surface area contributed by atoms with Crippen molar-refractivity contribution in [1.82, 2.24) is 10.2 Å². The molecule has 0 radical (unpaired) electrons. The number of nitrogens with zero attached hydrogens (tertiary/aromatic N) is 1. The van der Waals surface area contributed by atoms with E-state index in [9.17, 15) is 9.59 Å². The SMILES string of the molecule is COc1ccc(NC(=O)C(=O)N2CCCNCC2)c(C)c1. The van der Waals surface area contributed by atoms with Crippen LogP contribution in [0.15, 0.2) is 18.2 Å². The number of hydrogen-bond donors (Lipinski definition) is 2. The third-order valence-electron chi connectivity index (χ3n) is 3.50. The second-order valence-corrected chi connectivity index (χ2v) is 5.03. The summed E-state index contributed by atoms with van der Waals surface area (Å²) in [6.07, 6.45) is 0.862. The Kier molecular flexibility index (Phi) is 5.16. The number of hydrogen-bond acceptors (Lipinski definition) is 4. The van der Waals surface area contributed by atoms with Gasteiger partial charge in [0.2, 0.25) is 0 Å². The molecular formula is C15H21N3O3. The minimum Gasteiger partial charge on any atom is -0.497 e. The average Bonchev–Trinajstić information content (AvgIpc) is 2.77. The first-order valence-corrected chi connectivity index (χ1v) is 7.07. The summed E-state index contributed by atoms with van der Waals surface area (Å²) in [7, 11) is 1.59. The van der Waals surface area contributed by atoms with E-state index in [4.69, 9.17) is 4.74 Å². The van der Waals surface area contributed by atoms with Crippen LogP contribution < -0.4 is 15.4 Å². The van der Waals surface area contributed by atoms with Crippen molar-refractivity contribution in [2.45, 2.75) is 13.3 Å². The minimum absolute atomic E-state index is 0.478. The summed E-state index contributed by atoms with van der Waals surface area (Å²) < 4.78 is 5.12. The summed E-state index contributed by atoms with van der Waals surface area (Å²) in [4.78, 5) is 25.8. The maximum absolute atomic E-state index is 12.2. The van der Waals surface area contributed by atoms with Crippen LogP contribution in [-0.4, -0.2) is 50.0 Å². The van der Waals surface area contributed by atoms with Crippen molar-refractivity contribution in [2.24, 2.45) is 0 Å². The highest BCUT2D eigenvalue weighted by molar-refractivity contribution is 6.39. The second kappa shape index (κ2) is 7.08. The molecule has 1 heterocycles. The third kappa shape index (κ3) is 3.95. The van der Waals surface area contributed by atoms with Crippen LogP contribution in [0.4, 0.5) is 5.69 Å². The molecule has 0 atom stereocenters. The Hall–Kier alpha value is -2.08. The first-order chi connectivity index (χ1) is 10.1. The minimum atomic E-state index is -0.592. The summed E-state index contributed by atoms with van der Waals surface area (Å²) in [6, 6.07) is 5.31. The highest BCUT2D eigenvalue weighted by atomic mass is 16.5. The topological polar surface area (TPSA) is 70.7 Å². The molecule has 0 unspecified atom stereocenters. The predicted octanol–water partition coefficient (Wildman–Crippen LogP) is 0.764. The van der Waals surface area contributed by atoms with E-state index in [0.717, 1.165) is 30.8 Å². The maximum Gasteiger partial charge on any atom is 0.313 e. The van der Waals surface area contributed by atoms with Crippen LogP contribution in [0.5, 0.6) is 5.75 Å². The van der Waals surface area contributed by atoms with Gasteiger partial charge in [-0.05, 0) is 43.7 Å². The molecule has 1 aromatic rings. The van der Waals surface area contributed by atoms with Gasteiger partial charge in [-0.15, -0.1) is 0 Å².